The summed E-state index contributed by atoms with van der Waals surface area (Å²) in [6.45, 7) is 0. The zero-order chi connectivity index (χ0) is 26.3. The van der Waals surface area contributed by atoms with Gasteiger partial charge < -0.3 is 14.5 Å². The highest BCUT2D eigenvalue weighted by Crippen LogP contribution is 2.35. The third-order valence-corrected chi connectivity index (χ3v) is 8.82. The fraction of sp³-hybridized carbons (Fsp3) is 0. The molecule has 1 heterocycles. The first-order chi connectivity index (χ1) is 17.6. The van der Waals surface area contributed by atoms with E-state index in [9.17, 15) is 10.0 Å². The first kappa shape index (κ1) is 24.2. The van der Waals surface area contributed by atoms with Crippen LogP contribution in [-0.2, 0) is 0 Å². The zero-order valence-corrected chi connectivity index (χ0v) is 22.5. The molecule has 0 atom stereocenters. The fourth-order valence-corrected chi connectivity index (χ4v) is 6.45. The van der Waals surface area contributed by atoms with E-state index in [0.717, 1.165) is 49.3 Å². The Morgan fingerprint density at radius 3 is 1.43 bits per heavy atom. The molecule has 5 aromatic carbocycles. The van der Waals surface area contributed by atoms with Crippen LogP contribution < -0.4 is 43.7 Å². The number of benzene rings is 5. The van der Waals surface area contributed by atoms with Gasteiger partial charge in [-0.05, 0) is 43.6 Å². The third-order valence-electron chi connectivity index (χ3n) is 8.82. The highest BCUT2D eigenvalue weighted by molar-refractivity contribution is 6.70. The normalized spacial score (nSPS) is 11.7. The smallest absolute Gasteiger partial charge is 0.457 e. The highest BCUT2D eigenvalue weighted by atomic mass is 16.4. The van der Waals surface area contributed by atoms with Crippen LogP contribution in [0.25, 0.3) is 54.6 Å². The van der Waals surface area contributed by atoms with Gasteiger partial charge in [-0.25, -0.2) is 0 Å². The fourth-order valence-electron chi connectivity index (χ4n) is 6.45. The van der Waals surface area contributed by atoms with Crippen molar-refractivity contribution < 1.29 is 14.5 Å². The van der Waals surface area contributed by atoms with Gasteiger partial charge in [0.1, 0.15) is 66.1 Å². The predicted octanol–water partition coefficient (Wildman–Crippen LogP) is -6.95. The van der Waals surface area contributed by atoms with E-state index in [0.29, 0.717) is 5.46 Å². The van der Waals surface area contributed by atoms with Gasteiger partial charge in [0.2, 0.25) is 0 Å². The Morgan fingerprint density at radius 1 is 0.486 bits per heavy atom. The molecule has 37 heavy (non-hydrogen) atoms. The second-order valence-electron chi connectivity index (χ2n) is 10.5. The Labute approximate surface area is 223 Å². The maximum Gasteiger partial charge on any atom is 0.489 e. The number of fused-ring (bicyclic) bond motifs is 5. The minimum atomic E-state index is -1.57. The summed E-state index contributed by atoms with van der Waals surface area (Å²) in [4.78, 5) is 0. The molecule has 0 unspecified atom stereocenters. The van der Waals surface area contributed by atoms with Gasteiger partial charge in [0.15, 0.2) is 0 Å². The van der Waals surface area contributed by atoms with Gasteiger partial charge >= 0.3 is 7.12 Å². The van der Waals surface area contributed by atoms with E-state index in [4.69, 9.17) is 4.42 Å². The molecule has 11 heteroatoms. The lowest BCUT2D eigenvalue weighted by atomic mass is 9.64. The van der Waals surface area contributed by atoms with Gasteiger partial charge in [0, 0.05) is 10.8 Å². The van der Waals surface area contributed by atoms with Crippen molar-refractivity contribution in [3.63, 3.8) is 0 Å². The van der Waals surface area contributed by atoms with Gasteiger partial charge in [0.25, 0.3) is 0 Å². The van der Waals surface area contributed by atoms with Crippen molar-refractivity contribution in [3.05, 3.63) is 48.5 Å². The second kappa shape index (κ2) is 8.44. The lowest BCUT2D eigenvalue weighted by Crippen LogP contribution is -2.47. The summed E-state index contributed by atoms with van der Waals surface area (Å²) in [7, 11) is 13.7. The molecule has 170 valence electrons. The number of hydrogen-bond donors (Lipinski definition) is 2. The summed E-state index contributed by atoms with van der Waals surface area (Å²) in [5, 5.41) is 26.9. The van der Waals surface area contributed by atoms with Crippen LogP contribution in [0, 0.1) is 0 Å². The average Bonchev–Trinajstić information content (AvgIpc) is 3.30. The van der Waals surface area contributed by atoms with E-state index in [2.05, 4.69) is 67.1 Å². The Hall–Kier alpha value is -3.14. The summed E-state index contributed by atoms with van der Waals surface area (Å²) in [5.41, 5.74) is 13.3. The van der Waals surface area contributed by atoms with Gasteiger partial charge in [0.05, 0.1) is 0 Å². The van der Waals surface area contributed by atoms with Crippen LogP contribution in [0.1, 0.15) is 0 Å². The van der Waals surface area contributed by atoms with Crippen LogP contribution in [-0.4, -0.2) is 72.1 Å². The van der Waals surface area contributed by atoms with Crippen molar-refractivity contribution in [2.75, 3.05) is 0 Å². The molecular formula is C26H24B8O3. The molecule has 6 rings (SSSR count). The summed E-state index contributed by atoms with van der Waals surface area (Å²) in [6, 6.07) is 16.1. The molecule has 1 aromatic heterocycles. The van der Waals surface area contributed by atoms with Crippen molar-refractivity contribution in [1.29, 1.82) is 0 Å². The van der Waals surface area contributed by atoms with Crippen molar-refractivity contribution in [2.24, 2.45) is 0 Å². The molecule has 0 aliphatic carbocycles. The van der Waals surface area contributed by atoms with E-state index in [1.54, 1.807) is 0 Å². The lowest BCUT2D eigenvalue weighted by molar-refractivity contribution is 0.426. The average molecular weight is 471 g/mol. The summed E-state index contributed by atoms with van der Waals surface area (Å²) >= 11 is 0. The molecular weight excluding hydrogens is 447 g/mol. The van der Waals surface area contributed by atoms with Crippen LogP contribution in [0.2, 0.25) is 0 Å². The standard InChI is InChI=1S/C26H24B8O3/c27-17-14(13-9-5-1-3-7-11(9)24(34(35)36)12-8-4-2-6-10(12)13)20(30)25-15(18(17)28)16-19(29)21(31)22(32)23(33)26(16)37-25/h1-8,35-36H,27-33H2. The summed E-state index contributed by atoms with van der Waals surface area (Å²) in [5.74, 6) is 0. The highest BCUT2D eigenvalue weighted by Gasteiger charge is 2.26. The molecule has 0 aliphatic heterocycles. The summed E-state index contributed by atoms with van der Waals surface area (Å²) < 4.78 is 6.73. The molecule has 0 saturated carbocycles. The largest absolute Gasteiger partial charge is 0.489 e. The van der Waals surface area contributed by atoms with E-state index < -0.39 is 7.12 Å². The molecule has 0 amide bonds. The topological polar surface area (TPSA) is 53.6 Å². The van der Waals surface area contributed by atoms with Crippen LogP contribution in [0.4, 0.5) is 0 Å². The maximum absolute atomic E-state index is 10.4. The minimum Gasteiger partial charge on any atom is -0.457 e. The van der Waals surface area contributed by atoms with Crippen LogP contribution in [0.5, 0.6) is 0 Å². The van der Waals surface area contributed by atoms with E-state index >= 15 is 0 Å². The molecule has 0 saturated heterocycles. The summed E-state index contributed by atoms with van der Waals surface area (Å²) in [6.07, 6.45) is 0. The Balaban J connectivity index is 1.86. The molecule has 3 nitrogen and oxygen atoms in total. The Kier molecular flexibility index (Phi) is 5.52. The van der Waals surface area contributed by atoms with Crippen LogP contribution >= 0.6 is 0 Å². The van der Waals surface area contributed by atoms with Gasteiger partial charge in [-0.3, -0.25) is 0 Å². The van der Waals surface area contributed by atoms with Gasteiger partial charge in [-0.1, -0.05) is 75.8 Å². The van der Waals surface area contributed by atoms with Crippen LogP contribution in [0.15, 0.2) is 52.9 Å². The molecule has 0 spiro atoms. The quantitative estimate of drug-likeness (QED) is 0.195. The van der Waals surface area contributed by atoms with Crippen molar-refractivity contribution in [2.45, 2.75) is 0 Å². The zero-order valence-electron chi connectivity index (χ0n) is 22.5. The molecule has 6 aromatic rings. The van der Waals surface area contributed by atoms with Crippen molar-refractivity contribution in [1.82, 2.24) is 0 Å². The first-order valence-electron chi connectivity index (χ1n) is 12.9. The van der Waals surface area contributed by atoms with E-state index in [-0.39, 0.29) is 0 Å². The molecule has 2 N–H and O–H groups in total. The number of rotatable bonds is 2. The van der Waals surface area contributed by atoms with Gasteiger partial charge in [-0.15, -0.1) is 5.46 Å². The van der Waals surface area contributed by atoms with Crippen molar-refractivity contribution in [3.8, 4) is 11.1 Å². The number of hydrogen-bond acceptors (Lipinski definition) is 3. The Bertz CT molecular complexity index is 1890. The third kappa shape index (κ3) is 3.20. The van der Waals surface area contributed by atoms with E-state index in [1.807, 2.05) is 36.4 Å². The molecule has 0 aliphatic rings. The SMILES string of the molecule is Bc1c(B)c(B)c2c(oc3c(B)c(-c4c5ccccc5c(B(O)O)c5ccccc45)c(B)c(B)c32)c1B. The second-order valence-corrected chi connectivity index (χ2v) is 10.5. The maximum atomic E-state index is 10.4. The molecule has 0 fully saturated rings. The first-order valence-corrected chi connectivity index (χ1v) is 12.9. The monoisotopic (exact) mass is 472 g/mol. The van der Waals surface area contributed by atoms with Crippen molar-refractivity contribution >= 4 is 149 Å². The van der Waals surface area contributed by atoms with Crippen LogP contribution in [0.3, 0.4) is 0 Å². The minimum absolute atomic E-state index is 0.545. The lowest BCUT2D eigenvalue weighted by Gasteiger charge is -2.21. The Morgan fingerprint density at radius 2 is 0.919 bits per heavy atom. The number of furan rings is 1. The predicted molar refractivity (Wildman–Crippen MR) is 181 cm³/mol. The van der Waals surface area contributed by atoms with E-state index in [1.165, 1.54) is 43.5 Å². The van der Waals surface area contributed by atoms with Gasteiger partial charge in [-0.2, -0.15) is 0 Å². The molecule has 0 bridgehead atoms. The molecule has 0 radical (unpaired) electrons.